The first-order valence-electron chi connectivity index (χ1n) is 7.96. The number of rotatable bonds is 3. The average molecular weight is 399 g/mol. The molecule has 0 saturated carbocycles. The minimum Gasteiger partial charge on any atom is -0.507 e. The van der Waals surface area contributed by atoms with Gasteiger partial charge >= 0.3 is 0 Å². The lowest BCUT2D eigenvalue weighted by molar-refractivity contribution is 0.102. The van der Waals surface area contributed by atoms with Crippen molar-refractivity contribution < 1.29 is 14.3 Å². The number of phenolic OH excluding ortho intramolecular Hbond substituents is 1. The topological polar surface area (TPSA) is 75.4 Å². The SMILES string of the molecule is O=C(Nc1ccc(-c2nc3ccccc3o2)c(O)c1)c1ccc(Cl)c(Cl)c1. The number of fused-ring (bicyclic) bond motifs is 1. The largest absolute Gasteiger partial charge is 0.507 e. The van der Waals surface area contributed by atoms with Crippen molar-refractivity contribution in [2.24, 2.45) is 0 Å². The van der Waals surface area contributed by atoms with Crippen molar-refractivity contribution in [3.8, 4) is 17.2 Å². The number of hydrogen-bond donors (Lipinski definition) is 2. The molecule has 5 nitrogen and oxygen atoms in total. The number of oxazole rings is 1. The molecule has 2 N–H and O–H groups in total. The van der Waals surface area contributed by atoms with E-state index in [-0.39, 0.29) is 11.7 Å². The Kier molecular flexibility index (Phi) is 4.48. The molecule has 0 aliphatic carbocycles. The van der Waals surface area contributed by atoms with Crippen LogP contribution in [0.15, 0.2) is 65.1 Å². The maximum atomic E-state index is 12.3. The second kappa shape index (κ2) is 6.95. The number of nitrogens with zero attached hydrogens (tertiary/aromatic N) is 1. The summed E-state index contributed by atoms with van der Waals surface area (Å²) in [7, 11) is 0. The van der Waals surface area contributed by atoms with Gasteiger partial charge in [0.05, 0.1) is 15.6 Å². The van der Waals surface area contributed by atoms with Crippen LogP contribution in [0.3, 0.4) is 0 Å². The summed E-state index contributed by atoms with van der Waals surface area (Å²) in [5, 5.41) is 13.7. The molecular weight excluding hydrogens is 387 g/mol. The Labute approximate surface area is 164 Å². The van der Waals surface area contributed by atoms with Gasteiger partial charge in [0.2, 0.25) is 5.89 Å². The molecule has 134 valence electrons. The van der Waals surface area contributed by atoms with E-state index in [1.165, 1.54) is 12.1 Å². The van der Waals surface area contributed by atoms with Crippen molar-refractivity contribution in [1.82, 2.24) is 4.98 Å². The number of aromatic hydroxyl groups is 1. The molecular formula is C20H12Cl2N2O3. The predicted molar refractivity (Wildman–Crippen MR) is 106 cm³/mol. The standard InChI is InChI=1S/C20H12Cl2N2O3/c21-14-8-5-11(9-15(14)22)19(26)23-12-6-7-13(17(25)10-12)20-24-16-3-1-2-4-18(16)27-20/h1-10,25H,(H,23,26). The highest BCUT2D eigenvalue weighted by Crippen LogP contribution is 2.33. The van der Waals surface area contributed by atoms with Crippen molar-refractivity contribution in [1.29, 1.82) is 0 Å². The van der Waals surface area contributed by atoms with E-state index < -0.39 is 0 Å². The zero-order chi connectivity index (χ0) is 19.0. The molecule has 3 aromatic carbocycles. The summed E-state index contributed by atoms with van der Waals surface area (Å²) in [5.74, 6) is -0.132. The number of anilines is 1. The van der Waals surface area contributed by atoms with E-state index in [9.17, 15) is 9.90 Å². The van der Waals surface area contributed by atoms with Crippen LogP contribution in [0.4, 0.5) is 5.69 Å². The van der Waals surface area contributed by atoms with E-state index in [2.05, 4.69) is 10.3 Å². The zero-order valence-electron chi connectivity index (χ0n) is 13.7. The number of amides is 1. The lowest BCUT2D eigenvalue weighted by atomic mass is 10.1. The molecule has 1 aromatic heterocycles. The van der Waals surface area contributed by atoms with Gasteiger partial charge in [-0.25, -0.2) is 4.98 Å². The highest BCUT2D eigenvalue weighted by Gasteiger charge is 2.14. The number of hydrogen-bond acceptors (Lipinski definition) is 4. The van der Waals surface area contributed by atoms with E-state index >= 15 is 0 Å². The number of nitrogens with one attached hydrogen (secondary N) is 1. The smallest absolute Gasteiger partial charge is 0.255 e. The number of phenols is 1. The predicted octanol–water partition coefficient (Wildman–Crippen LogP) is 5.76. The van der Waals surface area contributed by atoms with Crippen molar-refractivity contribution in [3.63, 3.8) is 0 Å². The second-order valence-electron chi connectivity index (χ2n) is 5.80. The van der Waals surface area contributed by atoms with Crippen LogP contribution >= 0.6 is 23.2 Å². The average Bonchev–Trinajstić information content (AvgIpc) is 3.07. The van der Waals surface area contributed by atoms with Crippen molar-refractivity contribution >= 4 is 45.9 Å². The van der Waals surface area contributed by atoms with Crippen LogP contribution in [0, 0.1) is 0 Å². The summed E-state index contributed by atoms with van der Waals surface area (Å²) in [6.07, 6.45) is 0. The van der Waals surface area contributed by atoms with Gasteiger partial charge < -0.3 is 14.8 Å². The van der Waals surface area contributed by atoms with E-state index in [4.69, 9.17) is 27.6 Å². The summed E-state index contributed by atoms with van der Waals surface area (Å²) in [6.45, 7) is 0. The van der Waals surface area contributed by atoms with E-state index in [0.717, 1.165) is 0 Å². The molecule has 1 amide bonds. The first-order chi connectivity index (χ1) is 13.0. The molecule has 4 aromatic rings. The number of para-hydroxylation sites is 2. The summed E-state index contributed by atoms with van der Waals surface area (Å²) in [5.41, 5.74) is 2.53. The van der Waals surface area contributed by atoms with Crippen LogP contribution < -0.4 is 5.32 Å². The number of halogens is 2. The van der Waals surface area contributed by atoms with Gasteiger partial charge in [-0.1, -0.05) is 35.3 Å². The quantitative estimate of drug-likeness (QED) is 0.459. The van der Waals surface area contributed by atoms with Gasteiger partial charge in [0, 0.05) is 17.3 Å². The minimum atomic E-state index is -0.373. The van der Waals surface area contributed by atoms with Crippen LogP contribution in [-0.4, -0.2) is 16.0 Å². The highest BCUT2D eigenvalue weighted by molar-refractivity contribution is 6.42. The minimum absolute atomic E-state index is 0.0616. The van der Waals surface area contributed by atoms with E-state index in [0.29, 0.717) is 43.9 Å². The van der Waals surface area contributed by atoms with Gasteiger partial charge in [0.1, 0.15) is 11.3 Å². The summed E-state index contributed by atoms with van der Waals surface area (Å²) < 4.78 is 5.66. The third kappa shape index (κ3) is 3.47. The van der Waals surface area contributed by atoms with Gasteiger partial charge in [0.15, 0.2) is 5.58 Å². The molecule has 0 atom stereocenters. The number of aromatic nitrogens is 1. The maximum Gasteiger partial charge on any atom is 0.255 e. The van der Waals surface area contributed by atoms with Crippen LogP contribution in [0.1, 0.15) is 10.4 Å². The van der Waals surface area contributed by atoms with Crippen LogP contribution in [0.5, 0.6) is 5.75 Å². The van der Waals surface area contributed by atoms with Crippen LogP contribution in [-0.2, 0) is 0 Å². The van der Waals surface area contributed by atoms with Gasteiger partial charge in [-0.05, 0) is 42.5 Å². The molecule has 0 aliphatic rings. The monoisotopic (exact) mass is 398 g/mol. The van der Waals surface area contributed by atoms with Crippen LogP contribution in [0.2, 0.25) is 10.0 Å². The molecule has 0 bridgehead atoms. The number of carbonyl (C=O) groups excluding carboxylic acids is 1. The fraction of sp³-hybridized carbons (Fsp3) is 0. The molecule has 27 heavy (non-hydrogen) atoms. The Morgan fingerprint density at radius 2 is 1.81 bits per heavy atom. The van der Waals surface area contributed by atoms with Gasteiger partial charge in [-0.15, -0.1) is 0 Å². The van der Waals surface area contributed by atoms with E-state index in [1.807, 2.05) is 18.2 Å². The van der Waals surface area contributed by atoms with Crippen molar-refractivity contribution in [3.05, 3.63) is 76.3 Å². The fourth-order valence-electron chi connectivity index (χ4n) is 2.62. The molecule has 0 spiro atoms. The number of benzene rings is 3. The summed E-state index contributed by atoms with van der Waals surface area (Å²) in [4.78, 5) is 16.7. The summed E-state index contributed by atoms with van der Waals surface area (Å²) in [6, 6.07) is 16.6. The van der Waals surface area contributed by atoms with Crippen LogP contribution in [0.25, 0.3) is 22.6 Å². The Morgan fingerprint density at radius 1 is 1.00 bits per heavy atom. The van der Waals surface area contributed by atoms with Gasteiger partial charge in [-0.3, -0.25) is 4.79 Å². The Bertz CT molecular complexity index is 1140. The summed E-state index contributed by atoms with van der Waals surface area (Å²) >= 11 is 11.8. The fourth-order valence-corrected chi connectivity index (χ4v) is 2.92. The Morgan fingerprint density at radius 3 is 2.56 bits per heavy atom. The third-order valence-electron chi connectivity index (χ3n) is 3.96. The lowest BCUT2D eigenvalue weighted by Crippen LogP contribution is -2.11. The third-order valence-corrected chi connectivity index (χ3v) is 4.70. The lowest BCUT2D eigenvalue weighted by Gasteiger charge is -2.08. The Hall–Kier alpha value is -3.02. The van der Waals surface area contributed by atoms with Crippen molar-refractivity contribution in [2.75, 3.05) is 5.32 Å². The first kappa shape index (κ1) is 17.4. The normalized spacial score (nSPS) is 10.9. The number of carbonyl (C=O) groups is 1. The first-order valence-corrected chi connectivity index (χ1v) is 8.72. The van der Waals surface area contributed by atoms with E-state index in [1.54, 1.807) is 30.3 Å². The molecule has 7 heteroatoms. The zero-order valence-corrected chi connectivity index (χ0v) is 15.3. The Balaban J connectivity index is 1.59. The highest BCUT2D eigenvalue weighted by atomic mass is 35.5. The second-order valence-corrected chi connectivity index (χ2v) is 6.62. The maximum absolute atomic E-state index is 12.3. The molecule has 0 saturated heterocycles. The molecule has 0 fully saturated rings. The molecule has 0 unspecified atom stereocenters. The van der Waals surface area contributed by atoms with Gasteiger partial charge in [-0.2, -0.15) is 0 Å². The van der Waals surface area contributed by atoms with Gasteiger partial charge in [0.25, 0.3) is 5.91 Å². The molecule has 0 aliphatic heterocycles. The van der Waals surface area contributed by atoms with Crippen molar-refractivity contribution in [2.45, 2.75) is 0 Å². The molecule has 4 rings (SSSR count). The molecule has 0 radical (unpaired) electrons. The molecule has 1 heterocycles.